The van der Waals surface area contributed by atoms with Crippen molar-refractivity contribution in [2.45, 2.75) is 143 Å². The molecule has 5 aromatic rings. The Morgan fingerprint density at radius 1 is 0.787 bits per heavy atom. The topological polar surface area (TPSA) is 205 Å². The van der Waals surface area contributed by atoms with Gasteiger partial charge in [0.15, 0.2) is 11.5 Å². The molecule has 16 heteroatoms. The Kier molecular flexibility index (Phi) is 20.8. The third-order valence-electron chi connectivity index (χ3n) is 13.9. The summed E-state index contributed by atoms with van der Waals surface area (Å²) in [7, 11) is 0. The second kappa shape index (κ2) is 27.4. The fourth-order valence-electron chi connectivity index (χ4n) is 10.7. The molecule has 1 fully saturated rings. The van der Waals surface area contributed by atoms with Gasteiger partial charge in [-0.2, -0.15) is 0 Å². The number of aliphatic hydroxyl groups excluding tert-OH is 1. The van der Waals surface area contributed by atoms with E-state index in [1.54, 1.807) is 4.68 Å². The second-order valence-electron chi connectivity index (χ2n) is 21.3. The molecular weight excluding hydrogens is 951 g/mol. The van der Waals surface area contributed by atoms with Gasteiger partial charge in [0.05, 0.1) is 57.5 Å². The number of amides is 2. The van der Waals surface area contributed by atoms with E-state index in [9.17, 15) is 19.8 Å². The lowest BCUT2D eigenvalue weighted by Crippen LogP contribution is -2.54. The molecule has 3 heterocycles. The molecule has 2 aliphatic rings. The van der Waals surface area contributed by atoms with Crippen LogP contribution in [0.3, 0.4) is 0 Å². The molecule has 2 amide bonds. The number of nitrogens with one attached hydrogen (secondary N) is 2. The summed E-state index contributed by atoms with van der Waals surface area (Å²) < 4.78 is 32.1. The largest absolute Gasteiger partial charge is 0.485 e. The van der Waals surface area contributed by atoms with Gasteiger partial charge in [-0.15, -0.1) is 5.10 Å². The maximum atomic E-state index is 13.0. The Balaban J connectivity index is 0.821. The van der Waals surface area contributed by atoms with Crippen LogP contribution in [0.15, 0.2) is 85.1 Å². The maximum absolute atomic E-state index is 13.0. The van der Waals surface area contributed by atoms with Crippen LogP contribution >= 0.6 is 0 Å². The molecule has 2 aliphatic heterocycles. The highest BCUT2D eigenvalue weighted by Crippen LogP contribution is 2.47. The molecule has 6 N–H and O–H groups in total. The summed E-state index contributed by atoms with van der Waals surface area (Å²) in [6, 6.07) is 25.3. The molecule has 0 bridgehead atoms. The Hall–Kier alpha value is -5.72. The predicted molar refractivity (Wildman–Crippen MR) is 288 cm³/mol. The van der Waals surface area contributed by atoms with E-state index in [-0.39, 0.29) is 37.1 Å². The first kappa shape index (κ1) is 57.0. The van der Waals surface area contributed by atoms with Crippen molar-refractivity contribution in [2.75, 3.05) is 52.7 Å². The number of piperidine rings is 1. The minimum Gasteiger partial charge on any atom is -0.485 e. The molecule has 0 spiro atoms. The minimum atomic E-state index is -1.46. The number of hydrogen-bond acceptors (Lipinski definition) is 13. The smallest absolute Gasteiger partial charge is 0.251 e. The van der Waals surface area contributed by atoms with E-state index in [0.717, 1.165) is 41.1 Å². The first-order valence-electron chi connectivity index (χ1n) is 26.7. The van der Waals surface area contributed by atoms with Crippen LogP contribution in [0.4, 0.5) is 0 Å². The monoisotopic (exact) mass is 1030 g/mol. The number of aliphatic hydroxyl groups is 2. The van der Waals surface area contributed by atoms with Crippen LogP contribution in [0.5, 0.6) is 11.5 Å². The van der Waals surface area contributed by atoms with Crippen LogP contribution in [-0.2, 0) is 62.8 Å². The number of carbonyl (C=O) groups excluding carboxylic acids is 2. The molecule has 75 heavy (non-hydrogen) atoms. The molecule has 6 unspecified atom stereocenters. The lowest BCUT2D eigenvalue weighted by Gasteiger charge is -2.50. The maximum Gasteiger partial charge on any atom is 0.251 e. The van der Waals surface area contributed by atoms with E-state index < -0.39 is 29.7 Å². The van der Waals surface area contributed by atoms with Gasteiger partial charge in [0.25, 0.3) is 5.91 Å². The summed E-state index contributed by atoms with van der Waals surface area (Å²) >= 11 is 0. The standard InChI is InChI=1S/C59H81N7O9/c1-39(2)23-52(62-58(69)56(67)51(60)30-45-11-9-8-10-12-45)57(68)61-14-17-71-19-21-73-22-20-72-18-16-65-36-49(63-64-65)34-59(70)33-44(7)66-15-13-48-31-54(74-37-46-26-40(3)24-41(4)27-46)55(32-50(48)53(66)35-59)75-38-47-28-42(5)25-43(6)29-47/h8-12,24-29,31-32,36,39,44,51-53,56,67,70H,13-23,30,33-35,37-38,60H2,1-7H3,(H,61,68)(H,62,69). The molecule has 0 saturated carbocycles. The average Bonchev–Trinajstić information content (AvgIpc) is 3.80. The van der Waals surface area contributed by atoms with Crippen molar-refractivity contribution in [1.29, 1.82) is 0 Å². The quantitative estimate of drug-likeness (QED) is 0.0347. The predicted octanol–water partition coefficient (Wildman–Crippen LogP) is 6.35. The van der Waals surface area contributed by atoms with Crippen molar-refractivity contribution in [1.82, 2.24) is 30.5 Å². The van der Waals surface area contributed by atoms with Gasteiger partial charge in [0, 0.05) is 43.8 Å². The molecular formula is C59H81N7O9. The molecule has 406 valence electrons. The van der Waals surface area contributed by atoms with Crippen molar-refractivity contribution in [3.8, 4) is 11.5 Å². The van der Waals surface area contributed by atoms with E-state index in [4.69, 9.17) is 29.4 Å². The van der Waals surface area contributed by atoms with Gasteiger partial charge >= 0.3 is 0 Å². The highest BCUT2D eigenvalue weighted by atomic mass is 16.5. The number of aryl methyl sites for hydroxylation is 4. The Morgan fingerprint density at radius 2 is 1.39 bits per heavy atom. The zero-order valence-electron chi connectivity index (χ0n) is 45.2. The van der Waals surface area contributed by atoms with Gasteiger partial charge in [-0.25, -0.2) is 4.68 Å². The van der Waals surface area contributed by atoms with Crippen molar-refractivity contribution < 1.29 is 43.5 Å². The summed E-state index contributed by atoms with van der Waals surface area (Å²) in [6.07, 6.45) is 3.62. The normalized spacial score (nSPS) is 18.7. The summed E-state index contributed by atoms with van der Waals surface area (Å²) in [4.78, 5) is 28.4. The summed E-state index contributed by atoms with van der Waals surface area (Å²) in [5, 5.41) is 37.3. The van der Waals surface area contributed by atoms with Crippen molar-refractivity contribution in [3.05, 3.63) is 141 Å². The fourth-order valence-corrected chi connectivity index (χ4v) is 10.7. The molecule has 7 rings (SSSR count). The zero-order chi connectivity index (χ0) is 53.5. The van der Waals surface area contributed by atoms with Crippen LogP contribution in [0.25, 0.3) is 0 Å². The molecule has 4 aromatic carbocycles. The number of hydrogen-bond donors (Lipinski definition) is 5. The Labute approximate surface area is 443 Å². The molecule has 6 atom stereocenters. The number of aromatic nitrogens is 3. The number of rotatable bonds is 28. The van der Waals surface area contributed by atoms with Crippen molar-refractivity contribution >= 4 is 11.8 Å². The van der Waals surface area contributed by atoms with E-state index in [2.05, 4.69) is 109 Å². The van der Waals surface area contributed by atoms with Crippen LogP contribution in [0, 0.1) is 33.6 Å². The number of nitrogens with zero attached hydrogens (tertiary/aromatic N) is 4. The van der Waals surface area contributed by atoms with E-state index in [1.807, 2.05) is 50.4 Å². The number of benzene rings is 4. The van der Waals surface area contributed by atoms with Gasteiger partial charge in [-0.1, -0.05) is 108 Å². The molecule has 1 aromatic heterocycles. The Morgan fingerprint density at radius 3 is 2.01 bits per heavy atom. The van der Waals surface area contributed by atoms with Gasteiger partial charge in [0.2, 0.25) is 5.91 Å². The van der Waals surface area contributed by atoms with Crippen molar-refractivity contribution in [3.63, 3.8) is 0 Å². The Bertz CT molecular complexity index is 2590. The zero-order valence-corrected chi connectivity index (χ0v) is 45.2. The van der Waals surface area contributed by atoms with Gasteiger partial charge in [-0.05, 0) is 113 Å². The molecule has 16 nitrogen and oxygen atoms in total. The third-order valence-corrected chi connectivity index (χ3v) is 13.9. The first-order valence-corrected chi connectivity index (χ1v) is 26.7. The van der Waals surface area contributed by atoms with Gasteiger partial charge in [0.1, 0.15) is 25.4 Å². The highest BCUT2D eigenvalue weighted by Gasteiger charge is 2.45. The third kappa shape index (κ3) is 17.1. The van der Waals surface area contributed by atoms with E-state index >= 15 is 0 Å². The molecule has 1 saturated heterocycles. The number of ether oxygens (including phenoxy) is 5. The van der Waals surface area contributed by atoms with Gasteiger partial charge < -0.3 is 50.3 Å². The van der Waals surface area contributed by atoms with E-state index in [1.165, 1.54) is 33.4 Å². The van der Waals surface area contributed by atoms with E-state index in [0.29, 0.717) is 90.6 Å². The summed E-state index contributed by atoms with van der Waals surface area (Å²) in [5.41, 5.74) is 16.2. The first-order chi connectivity index (χ1) is 36.0. The second-order valence-corrected chi connectivity index (χ2v) is 21.3. The van der Waals surface area contributed by atoms with Crippen LogP contribution < -0.4 is 25.8 Å². The molecule has 0 radical (unpaired) electrons. The fraction of sp³-hybridized carbons (Fsp3) is 0.525. The van der Waals surface area contributed by atoms with Gasteiger partial charge in [-0.3, -0.25) is 14.5 Å². The summed E-state index contributed by atoms with van der Waals surface area (Å²) in [6.45, 7) is 19.2. The van der Waals surface area contributed by atoms with Crippen LogP contribution in [0.2, 0.25) is 0 Å². The number of nitrogens with two attached hydrogens (primary N) is 1. The highest BCUT2D eigenvalue weighted by molar-refractivity contribution is 5.89. The minimum absolute atomic E-state index is 0.00193. The van der Waals surface area contributed by atoms with Crippen LogP contribution in [0.1, 0.15) is 102 Å². The van der Waals surface area contributed by atoms with Crippen molar-refractivity contribution in [2.24, 2.45) is 11.7 Å². The SMILES string of the molecule is Cc1cc(C)cc(COc2cc3c(cc2OCc2cc(C)cc(C)c2)C2CC(O)(Cc4cn(CCOCCOCCOCCNC(=O)C(CC(C)C)NC(=O)C(O)C(N)Cc5ccccc5)nn4)CC(C)N2CC3)c1. The summed E-state index contributed by atoms with van der Waals surface area (Å²) in [5.74, 6) is 0.535. The molecule has 0 aliphatic carbocycles. The van der Waals surface area contributed by atoms with Crippen LogP contribution in [-0.4, -0.2) is 124 Å². The lowest BCUT2D eigenvalue weighted by molar-refractivity contribution is -0.135. The number of fused-ring (bicyclic) bond motifs is 3. The lowest BCUT2D eigenvalue weighted by atomic mass is 9.75. The average molecular weight is 1030 g/mol. The number of carbonyl (C=O) groups is 2.